The SMILES string of the molecule is CC(CO)c1cc2c(c(Cl)c1O)OCO2. The average molecular weight is 231 g/mol. The largest absolute Gasteiger partial charge is 0.506 e. The molecule has 1 aromatic rings. The van der Waals surface area contributed by atoms with E-state index in [-0.39, 0.29) is 30.1 Å². The third-order valence-corrected chi connectivity index (χ3v) is 2.76. The third kappa shape index (κ3) is 1.60. The van der Waals surface area contributed by atoms with Gasteiger partial charge in [0.2, 0.25) is 6.79 Å². The fourth-order valence-corrected chi connectivity index (χ4v) is 1.74. The van der Waals surface area contributed by atoms with Gasteiger partial charge in [0.25, 0.3) is 0 Å². The minimum Gasteiger partial charge on any atom is -0.506 e. The highest BCUT2D eigenvalue weighted by atomic mass is 35.5. The van der Waals surface area contributed by atoms with Crippen LogP contribution in [-0.2, 0) is 0 Å². The minimum absolute atomic E-state index is 0.0533. The first-order valence-corrected chi connectivity index (χ1v) is 4.94. The molecule has 82 valence electrons. The first kappa shape index (κ1) is 10.4. The zero-order valence-electron chi connectivity index (χ0n) is 8.16. The molecule has 1 aromatic carbocycles. The normalized spacial score (nSPS) is 15.4. The molecular formula is C10H11ClO4. The van der Waals surface area contributed by atoms with Crippen molar-refractivity contribution in [1.29, 1.82) is 0 Å². The second-order valence-corrected chi connectivity index (χ2v) is 3.82. The van der Waals surface area contributed by atoms with E-state index in [1.165, 1.54) is 0 Å². The molecule has 0 saturated carbocycles. The lowest BCUT2D eigenvalue weighted by molar-refractivity contribution is 0.174. The molecule has 1 aliphatic rings. The quantitative estimate of drug-likeness (QED) is 0.814. The van der Waals surface area contributed by atoms with Gasteiger partial charge in [-0.1, -0.05) is 18.5 Å². The van der Waals surface area contributed by atoms with Crippen LogP contribution in [0.15, 0.2) is 6.07 Å². The lowest BCUT2D eigenvalue weighted by Gasteiger charge is -2.13. The van der Waals surface area contributed by atoms with Crippen LogP contribution in [0.25, 0.3) is 0 Å². The van der Waals surface area contributed by atoms with Crippen molar-refractivity contribution in [3.05, 3.63) is 16.7 Å². The fraction of sp³-hybridized carbons (Fsp3) is 0.400. The molecule has 0 aromatic heterocycles. The number of phenolic OH excluding ortho intramolecular Hbond substituents is 1. The number of hydrogen-bond acceptors (Lipinski definition) is 4. The van der Waals surface area contributed by atoms with Crippen molar-refractivity contribution < 1.29 is 19.7 Å². The first-order valence-electron chi connectivity index (χ1n) is 4.57. The second-order valence-electron chi connectivity index (χ2n) is 3.45. The molecule has 0 amide bonds. The van der Waals surface area contributed by atoms with Crippen molar-refractivity contribution in [2.75, 3.05) is 13.4 Å². The van der Waals surface area contributed by atoms with Crippen molar-refractivity contribution >= 4 is 11.6 Å². The highest BCUT2D eigenvalue weighted by molar-refractivity contribution is 6.34. The average Bonchev–Trinajstić information content (AvgIpc) is 2.70. The van der Waals surface area contributed by atoms with Crippen LogP contribution in [0.2, 0.25) is 5.02 Å². The van der Waals surface area contributed by atoms with Gasteiger partial charge in [-0.2, -0.15) is 0 Å². The van der Waals surface area contributed by atoms with E-state index in [0.717, 1.165) is 0 Å². The predicted octanol–water partition coefficient (Wildman–Crippen LogP) is 1.87. The Bertz CT molecular complexity index is 391. The van der Waals surface area contributed by atoms with Crippen LogP contribution in [0, 0.1) is 0 Å². The number of aromatic hydroxyl groups is 1. The molecule has 1 unspecified atom stereocenters. The van der Waals surface area contributed by atoms with Crippen molar-refractivity contribution in [3.63, 3.8) is 0 Å². The molecule has 0 saturated heterocycles. The van der Waals surface area contributed by atoms with Crippen LogP contribution < -0.4 is 9.47 Å². The molecule has 0 spiro atoms. The van der Waals surface area contributed by atoms with Crippen molar-refractivity contribution in [1.82, 2.24) is 0 Å². The van der Waals surface area contributed by atoms with E-state index in [0.29, 0.717) is 17.1 Å². The highest BCUT2D eigenvalue weighted by Gasteiger charge is 2.24. The van der Waals surface area contributed by atoms with E-state index in [1.54, 1.807) is 13.0 Å². The van der Waals surface area contributed by atoms with Gasteiger partial charge in [0.15, 0.2) is 11.5 Å². The summed E-state index contributed by atoms with van der Waals surface area (Å²) >= 11 is 5.91. The Balaban J connectivity index is 2.54. The number of ether oxygens (including phenoxy) is 2. The molecule has 0 fully saturated rings. The van der Waals surface area contributed by atoms with E-state index >= 15 is 0 Å². The Morgan fingerprint density at radius 3 is 2.93 bits per heavy atom. The maximum Gasteiger partial charge on any atom is 0.231 e. The summed E-state index contributed by atoms with van der Waals surface area (Å²) in [6, 6.07) is 1.64. The Morgan fingerprint density at radius 1 is 1.53 bits per heavy atom. The summed E-state index contributed by atoms with van der Waals surface area (Å²) in [5, 5.41) is 18.9. The summed E-state index contributed by atoms with van der Waals surface area (Å²) in [6.07, 6.45) is 0. The number of fused-ring (bicyclic) bond motifs is 1. The summed E-state index contributed by atoms with van der Waals surface area (Å²) in [5.74, 6) is 0.621. The van der Waals surface area contributed by atoms with Crippen LogP contribution >= 0.6 is 11.6 Å². The molecule has 2 rings (SSSR count). The van der Waals surface area contributed by atoms with Gasteiger partial charge in [0, 0.05) is 18.1 Å². The molecule has 4 nitrogen and oxygen atoms in total. The standard InChI is InChI=1S/C10H11ClO4/c1-5(3-12)6-2-7-10(15-4-14-7)8(11)9(6)13/h2,5,12-13H,3-4H2,1H3. The van der Waals surface area contributed by atoms with Gasteiger partial charge in [-0.25, -0.2) is 0 Å². The van der Waals surface area contributed by atoms with Crippen LogP contribution in [0.1, 0.15) is 18.4 Å². The monoisotopic (exact) mass is 230 g/mol. The zero-order chi connectivity index (χ0) is 11.0. The van der Waals surface area contributed by atoms with Crippen molar-refractivity contribution in [2.45, 2.75) is 12.8 Å². The highest BCUT2D eigenvalue weighted by Crippen LogP contribution is 2.47. The number of hydrogen-bond donors (Lipinski definition) is 2. The topological polar surface area (TPSA) is 58.9 Å². The molecule has 2 N–H and O–H groups in total. The summed E-state index contributed by atoms with van der Waals surface area (Å²) < 4.78 is 10.3. The summed E-state index contributed by atoms with van der Waals surface area (Å²) in [6.45, 7) is 1.82. The van der Waals surface area contributed by atoms with Crippen LogP contribution in [-0.4, -0.2) is 23.6 Å². The molecule has 1 atom stereocenters. The minimum atomic E-state index is -0.197. The molecule has 0 bridgehead atoms. The van der Waals surface area contributed by atoms with Gasteiger partial charge < -0.3 is 19.7 Å². The van der Waals surface area contributed by atoms with Crippen LogP contribution in [0.3, 0.4) is 0 Å². The van der Waals surface area contributed by atoms with Crippen molar-refractivity contribution in [3.8, 4) is 17.2 Å². The molecular weight excluding hydrogens is 220 g/mol. The smallest absolute Gasteiger partial charge is 0.231 e. The second kappa shape index (κ2) is 3.79. The summed E-state index contributed by atoms with van der Waals surface area (Å²) in [5.41, 5.74) is 0.562. The molecule has 0 aliphatic carbocycles. The summed E-state index contributed by atoms with van der Waals surface area (Å²) in [7, 11) is 0. The lowest BCUT2D eigenvalue weighted by Crippen LogP contribution is -1.99. The van der Waals surface area contributed by atoms with Gasteiger partial charge >= 0.3 is 0 Å². The Hall–Kier alpha value is -1.13. The number of rotatable bonds is 2. The first-order chi connectivity index (χ1) is 7.15. The van der Waals surface area contributed by atoms with E-state index in [2.05, 4.69) is 0 Å². The Morgan fingerprint density at radius 2 is 2.27 bits per heavy atom. The van der Waals surface area contributed by atoms with E-state index in [1.807, 2.05) is 0 Å². The van der Waals surface area contributed by atoms with Gasteiger partial charge in [0.05, 0.1) is 0 Å². The van der Waals surface area contributed by atoms with Gasteiger partial charge in [-0.05, 0) is 6.07 Å². The van der Waals surface area contributed by atoms with Gasteiger partial charge in [-0.15, -0.1) is 0 Å². The number of aliphatic hydroxyl groups is 1. The molecule has 15 heavy (non-hydrogen) atoms. The number of benzene rings is 1. The van der Waals surface area contributed by atoms with E-state index in [4.69, 9.17) is 26.2 Å². The van der Waals surface area contributed by atoms with E-state index in [9.17, 15) is 5.11 Å². The lowest BCUT2D eigenvalue weighted by atomic mass is 10.0. The molecule has 5 heteroatoms. The van der Waals surface area contributed by atoms with E-state index < -0.39 is 0 Å². The zero-order valence-corrected chi connectivity index (χ0v) is 8.91. The third-order valence-electron chi connectivity index (χ3n) is 2.41. The maximum absolute atomic E-state index is 9.78. The number of phenols is 1. The Labute approximate surface area is 92.0 Å². The predicted molar refractivity (Wildman–Crippen MR) is 54.7 cm³/mol. The van der Waals surface area contributed by atoms with Crippen LogP contribution in [0.5, 0.6) is 17.2 Å². The molecule has 1 aliphatic heterocycles. The fourth-order valence-electron chi connectivity index (χ4n) is 1.49. The summed E-state index contributed by atoms with van der Waals surface area (Å²) in [4.78, 5) is 0. The molecule has 1 heterocycles. The van der Waals surface area contributed by atoms with Gasteiger partial charge in [0.1, 0.15) is 10.8 Å². The maximum atomic E-state index is 9.78. The van der Waals surface area contributed by atoms with Crippen molar-refractivity contribution in [2.24, 2.45) is 0 Å². The number of aliphatic hydroxyl groups excluding tert-OH is 1. The molecule has 0 radical (unpaired) electrons. The van der Waals surface area contributed by atoms with Gasteiger partial charge in [-0.3, -0.25) is 0 Å². The van der Waals surface area contributed by atoms with Crippen LogP contribution in [0.4, 0.5) is 0 Å². The Kier molecular flexibility index (Phi) is 2.63. The number of halogens is 1.